The molecule has 3 aliphatic rings. The standard InChI is InChI=1S/C30H49N5O7/c1-28(2,3)21(33-27(42)34-22(26(40)41)29(4,5)6)25(39)35-14-16-13-30(7,8)18(16)19(35)24(38)32-17(20(36)23(31)37)12-15-10-9-11-15/h15-19,21-22H,9-14H2,1-8H3,(H2,31,37)(H,32,38)(H,40,41)(H2,33,34,42)/t16-,17?,18-,19-,21+,22-/m0/s1. The van der Waals surface area contributed by atoms with E-state index in [-0.39, 0.29) is 23.2 Å². The second kappa shape index (κ2) is 11.8. The van der Waals surface area contributed by atoms with Crippen molar-refractivity contribution in [2.45, 2.75) is 112 Å². The summed E-state index contributed by atoms with van der Waals surface area (Å²) in [4.78, 5) is 78.9. The Morgan fingerprint density at radius 2 is 1.48 bits per heavy atom. The van der Waals surface area contributed by atoms with Gasteiger partial charge in [-0.05, 0) is 46.8 Å². The molecule has 0 bridgehead atoms. The summed E-state index contributed by atoms with van der Waals surface area (Å²) < 4.78 is 0. The number of likely N-dealkylation sites (tertiary alicyclic amines) is 1. The van der Waals surface area contributed by atoms with Gasteiger partial charge in [0.2, 0.25) is 17.6 Å². The van der Waals surface area contributed by atoms with Gasteiger partial charge in [-0.15, -0.1) is 0 Å². The maximum Gasteiger partial charge on any atom is 0.326 e. The van der Waals surface area contributed by atoms with Crippen molar-refractivity contribution in [2.24, 2.45) is 39.7 Å². The molecule has 3 rings (SSSR count). The highest BCUT2D eigenvalue weighted by atomic mass is 16.4. The fourth-order valence-corrected chi connectivity index (χ4v) is 6.86. The molecule has 1 aliphatic heterocycles. The van der Waals surface area contributed by atoms with E-state index < -0.39 is 70.5 Å². The van der Waals surface area contributed by atoms with Crippen molar-refractivity contribution in [3.63, 3.8) is 0 Å². The first-order valence-electron chi connectivity index (χ1n) is 14.9. The van der Waals surface area contributed by atoms with Crippen LogP contribution in [0.1, 0.15) is 87.5 Å². The zero-order chi connectivity index (χ0) is 31.9. The highest BCUT2D eigenvalue weighted by molar-refractivity contribution is 6.37. The number of fused-ring (bicyclic) bond motifs is 1. The van der Waals surface area contributed by atoms with E-state index in [9.17, 15) is 33.9 Å². The summed E-state index contributed by atoms with van der Waals surface area (Å²) in [7, 11) is 0. The molecule has 2 saturated carbocycles. The third-order valence-electron chi connectivity index (χ3n) is 9.30. The maximum absolute atomic E-state index is 14.2. The van der Waals surface area contributed by atoms with Crippen LogP contribution in [0, 0.1) is 34.0 Å². The second-order valence-corrected chi connectivity index (χ2v) is 15.3. The number of amides is 5. The Kier molecular flexibility index (Phi) is 9.39. The summed E-state index contributed by atoms with van der Waals surface area (Å²) in [5, 5.41) is 17.6. The van der Waals surface area contributed by atoms with E-state index in [1.807, 2.05) is 13.8 Å². The lowest BCUT2D eigenvalue weighted by molar-refractivity contribution is -0.145. The first-order chi connectivity index (χ1) is 19.1. The quantitative estimate of drug-likeness (QED) is 0.239. The summed E-state index contributed by atoms with van der Waals surface area (Å²) in [5.74, 6) is -4.06. The number of ketones is 1. The van der Waals surface area contributed by atoms with Crippen LogP contribution in [0.15, 0.2) is 0 Å². The fraction of sp³-hybridized carbons (Fsp3) is 0.800. The third kappa shape index (κ3) is 7.06. The van der Waals surface area contributed by atoms with Gasteiger partial charge in [0.1, 0.15) is 18.1 Å². The van der Waals surface area contributed by atoms with E-state index in [0.29, 0.717) is 13.0 Å². The zero-order valence-electron chi connectivity index (χ0n) is 26.2. The molecule has 3 fully saturated rings. The van der Waals surface area contributed by atoms with Gasteiger partial charge in [-0.1, -0.05) is 74.7 Å². The Hall–Kier alpha value is -3.18. The van der Waals surface area contributed by atoms with Crippen molar-refractivity contribution in [3.8, 4) is 0 Å². The second-order valence-electron chi connectivity index (χ2n) is 15.3. The minimum absolute atomic E-state index is 0.0587. The zero-order valence-corrected chi connectivity index (χ0v) is 26.2. The number of carbonyl (C=O) groups excluding carboxylic acids is 5. The number of hydrogen-bond acceptors (Lipinski definition) is 6. The molecule has 0 radical (unpaired) electrons. The number of rotatable bonds is 10. The van der Waals surface area contributed by atoms with Crippen LogP contribution in [0.3, 0.4) is 0 Å². The molecule has 1 unspecified atom stereocenters. The van der Waals surface area contributed by atoms with Gasteiger partial charge >= 0.3 is 12.0 Å². The lowest BCUT2D eigenvalue weighted by Crippen LogP contribution is -2.63. The van der Waals surface area contributed by atoms with Gasteiger partial charge < -0.3 is 31.7 Å². The number of Topliss-reactive ketones (excluding diaryl/α,β-unsaturated/α-hetero) is 1. The molecule has 0 spiro atoms. The predicted octanol–water partition coefficient (Wildman–Crippen LogP) is 1.80. The van der Waals surface area contributed by atoms with Gasteiger partial charge in [0.25, 0.3) is 5.91 Å². The molecule has 6 atom stereocenters. The highest BCUT2D eigenvalue weighted by Gasteiger charge is 2.61. The van der Waals surface area contributed by atoms with Crippen molar-refractivity contribution in [1.82, 2.24) is 20.9 Å². The Morgan fingerprint density at radius 3 is 1.90 bits per heavy atom. The maximum atomic E-state index is 14.2. The smallest absolute Gasteiger partial charge is 0.326 e. The number of nitrogens with two attached hydrogens (primary N) is 1. The largest absolute Gasteiger partial charge is 0.480 e. The number of carboxylic acid groups (broad SMARTS) is 1. The molecule has 42 heavy (non-hydrogen) atoms. The molecular weight excluding hydrogens is 542 g/mol. The average molecular weight is 592 g/mol. The van der Waals surface area contributed by atoms with E-state index in [1.165, 1.54) is 4.90 Å². The van der Waals surface area contributed by atoms with Gasteiger partial charge in [-0.3, -0.25) is 19.2 Å². The van der Waals surface area contributed by atoms with E-state index in [4.69, 9.17) is 5.73 Å². The van der Waals surface area contributed by atoms with Gasteiger partial charge in [0.15, 0.2) is 0 Å². The van der Waals surface area contributed by atoms with Crippen LogP contribution < -0.4 is 21.7 Å². The lowest BCUT2D eigenvalue weighted by atomic mass is 9.55. The first kappa shape index (κ1) is 33.3. The minimum Gasteiger partial charge on any atom is -0.480 e. The molecule has 12 heteroatoms. The van der Waals surface area contributed by atoms with Crippen molar-refractivity contribution in [2.75, 3.05) is 6.54 Å². The molecule has 1 heterocycles. The van der Waals surface area contributed by atoms with Crippen LogP contribution in [-0.4, -0.2) is 76.2 Å². The van der Waals surface area contributed by atoms with E-state index in [0.717, 1.165) is 25.7 Å². The van der Waals surface area contributed by atoms with Crippen LogP contribution >= 0.6 is 0 Å². The molecule has 236 valence electrons. The Labute approximate surface area is 248 Å². The van der Waals surface area contributed by atoms with Gasteiger partial charge in [-0.25, -0.2) is 9.59 Å². The van der Waals surface area contributed by atoms with Gasteiger partial charge in [0.05, 0.1) is 6.04 Å². The molecule has 2 aliphatic carbocycles. The first-order valence-corrected chi connectivity index (χ1v) is 14.9. The fourth-order valence-electron chi connectivity index (χ4n) is 6.86. The van der Waals surface area contributed by atoms with E-state index >= 15 is 0 Å². The number of aliphatic carboxylic acids is 1. The molecule has 0 aromatic carbocycles. The number of primary amides is 1. The number of hydrogen-bond donors (Lipinski definition) is 5. The lowest BCUT2D eigenvalue weighted by Gasteiger charge is -2.49. The summed E-state index contributed by atoms with van der Waals surface area (Å²) in [6.45, 7) is 14.8. The Bertz CT molecular complexity index is 1120. The van der Waals surface area contributed by atoms with E-state index in [1.54, 1.807) is 41.5 Å². The van der Waals surface area contributed by atoms with Crippen molar-refractivity contribution in [3.05, 3.63) is 0 Å². The van der Waals surface area contributed by atoms with Crippen LogP contribution in [0.4, 0.5) is 4.79 Å². The normalized spacial score (nSPS) is 25.5. The topological polar surface area (TPSA) is 188 Å². The van der Waals surface area contributed by atoms with Crippen molar-refractivity contribution in [1.29, 1.82) is 0 Å². The molecule has 6 N–H and O–H groups in total. The summed E-state index contributed by atoms with van der Waals surface area (Å²) >= 11 is 0. The molecular formula is C30H49N5O7. The van der Waals surface area contributed by atoms with Crippen LogP contribution in [0.25, 0.3) is 0 Å². The van der Waals surface area contributed by atoms with Crippen molar-refractivity contribution < 1.29 is 33.9 Å². The van der Waals surface area contributed by atoms with Crippen LogP contribution in [0.5, 0.6) is 0 Å². The van der Waals surface area contributed by atoms with Gasteiger partial charge in [0, 0.05) is 6.54 Å². The van der Waals surface area contributed by atoms with Crippen LogP contribution in [0.2, 0.25) is 0 Å². The Morgan fingerprint density at radius 1 is 0.929 bits per heavy atom. The monoisotopic (exact) mass is 591 g/mol. The van der Waals surface area contributed by atoms with E-state index in [2.05, 4.69) is 16.0 Å². The number of carbonyl (C=O) groups is 6. The number of nitrogens with zero attached hydrogens (tertiary/aromatic N) is 1. The molecule has 5 amide bonds. The number of urea groups is 1. The number of carboxylic acids is 1. The average Bonchev–Trinajstić information content (AvgIpc) is 3.14. The SMILES string of the molecule is CC(C)(C)[C@H](NC(=O)N[C@@H](C(=O)O)C(C)(C)C)C(=O)N1C[C@@H]2CC(C)(C)[C@@H]2[C@H]1C(=O)NC(CC1CCC1)C(=O)C(N)=O. The highest BCUT2D eigenvalue weighted by Crippen LogP contribution is 2.57. The molecule has 1 saturated heterocycles. The molecule has 0 aromatic heterocycles. The third-order valence-corrected chi connectivity index (χ3v) is 9.30. The molecule has 0 aromatic rings. The summed E-state index contributed by atoms with van der Waals surface area (Å²) in [6, 6.07) is -5.06. The summed E-state index contributed by atoms with van der Waals surface area (Å²) in [5.41, 5.74) is 3.48. The number of nitrogens with one attached hydrogen (secondary N) is 3. The van der Waals surface area contributed by atoms with Gasteiger partial charge in [-0.2, -0.15) is 0 Å². The predicted molar refractivity (Wildman–Crippen MR) is 155 cm³/mol. The Balaban J connectivity index is 1.88. The summed E-state index contributed by atoms with van der Waals surface area (Å²) in [6.07, 6.45) is 3.95. The molecule has 12 nitrogen and oxygen atoms in total. The minimum atomic E-state index is -1.20. The van der Waals surface area contributed by atoms with Crippen LogP contribution in [-0.2, 0) is 24.0 Å². The van der Waals surface area contributed by atoms with Crippen molar-refractivity contribution >= 4 is 35.5 Å².